The third-order valence-corrected chi connectivity index (χ3v) is 4.02. The Kier molecular flexibility index (Phi) is 4.65. The maximum absolute atomic E-state index is 12.7. The average Bonchev–Trinajstić information content (AvgIpc) is 2.96. The Hall–Kier alpha value is -2.57. The second kappa shape index (κ2) is 6.74. The minimum Gasteiger partial charge on any atom is -0.444 e. The van der Waals surface area contributed by atoms with E-state index in [9.17, 15) is 9.59 Å². The quantitative estimate of drug-likeness (QED) is 0.877. The van der Waals surface area contributed by atoms with Crippen LogP contribution in [0.25, 0.3) is 11.0 Å². The summed E-state index contributed by atoms with van der Waals surface area (Å²) in [6, 6.07) is 7.43. The van der Waals surface area contributed by atoms with Crippen LogP contribution in [0, 0.1) is 0 Å². The van der Waals surface area contributed by atoms with Gasteiger partial charge >= 0.3 is 6.09 Å². The standard InChI is InChI=1S/C18H24N4O3/c1-18(2,3)25-17(24)19-12-7-6-10-22(11-12)16(23)15-20-13-8-4-5-9-14(13)21-15/h4-5,8-9,12H,6-7,10-11H2,1-3H3,(H,19,24)(H,20,21)/t12-/m0/s1. The lowest BCUT2D eigenvalue weighted by Gasteiger charge is -2.33. The second-order valence-electron chi connectivity index (χ2n) is 7.34. The molecule has 0 radical (unpaired) electrons. The number of hydrogen-bond donors (Lipinski definition) is 2. The van der Waals surface area contributed by atoms with E-state index in [2.05, 4.69) is 15.3 Å². The molecule has 7 nitrogen and oxygen atoms in total. The highest BCUT2D eigenvalue weighted by Gasteiger charge is 2.28. The number of alkyl carbamates (subject to hydrolysis) is 1. The van der Waals surface area contributed by atoms with Crippen molar-refractivity contribution in [3.63, 3.8) is 0 Å². The molecule has 1 aliphatic heterocycles. The zero-order valence-electron chi connectivity index (χ0n) is 14.8. The number of nitrogens with one attached hydrogen (secondary N) is 2. The summed E-state index contributed by atoms with van der Waals surface area (Å²) >= 11 is 0. The van der Waals surface area contributed by atoms with Crippen LogP contribution in [0.5, 0.6) is 0 Å². The fourth-order valence-corrected chi connectivity index (χ4v) is 2.96. The molecule has 0 unspecified atom stereocenters. The number of nitrogens with zero attached hydrogens (tertiary/aromatic N) is 2. The number of carbonyl (C=O) groups is 2. The predicted molar refractivity (Wildman–Crippen MR) is 94.4 cm³/mol. The number of carbonyl (C=O) groups excluding carboxylic acids is 2. The Morgan fingerprint density at radius 1 is 1.32 bits per heavy atom. The number of imidazole rings is 1. The SMILES string of the molecule is CC(C)(C)OC(=O)N[C@H]1CCCN(C(=O)c2nc3ccccc3[nH]2)C1. The summed E-state index contributed by atoms with van der Waals surface area (Å²) in [6.07, 6.45) is 1.20. The van der Waals surface area contributed by atoms with Crippen LogP contribution in [0.2, 0.25) is 0 Å². The van der Waals surface area contributed by atoms with Gasteiger partial charge in [0.05, 0.1) is 11.0 Å². The Balaban J connectivity index is 1.64. The van der Waals surface area contributed by atoms with Crippen LogP contribution in [0.4, 0.5) is 4.79 Å². The van der Waals surface area contributed by atoms with Gasteiger partial charge in [0, 0.05) is 19.1 Å². The highest BCUT2D eigenvalue weighted by atomic mass is 16.6. The number of H-pyrrole nitrogens is 1. The molecule has 1 saturated heterocycles. The van der Waals surface area contributed by atoms with Crippen LogP contribution in [-0.4, -0.2) is 51.6 Å². The monoisotopic (exact) mass is 344 g/mol. The summed E-state index contributed by atoms with van der Waals surface area (Å²) in [7, 11) is 0. The fourth-order valence-electron chi connectivity index (χ4n) is 2.96. The molecule has 0 saturated carbocycles. The molecule has 0 spiro atoms. The summed E-state index contributed by atoms with van der Waals surface area (Å²) in [4.78, 5) is 33.8. The Labute approximate surface area is 146 Å². The molecule has 25 heavy (non-hydrogen) atoms. The molecular formula is C18H24N4O3. The largest absolute Gasteiger partial charge is 0.444 e. The molecule has 1 aromatic carbocycles. The van der Waals surface area contributed by atoms with Crippen molar-refractivity contribution in [2.75, 3.05) is 13.1 Å². The number of aromatic amines is 1. The number of rotatable bonds is 2. The topological polar surface area (TPSA) is 87.3 Å². The summed E-state index contributed by atoms with van der Waals surface area (Å²) in [5.74, 6) is 0.186. The van der Waals surface area contributed by atoms with E-state index in [1.165, 1.54) is 0 Å². The summed E-state index contributed by atoms with van der Waals surface area (Å²) in [5.41, 5.74) is 1.07. The molecular weight excluding hydrogens is 320 g/mol. The molecule has 0 aliphatic carbocycles. The summed E-state index contributed by atoms with van der Waals surface area (Å²) in [5, 5.41) is 2.85. The van der Waals surface area contributed by atoms with E-state index in [0.717, 1.165) is 23.9 Å². The molecule has 1 aromatic heterocycles. The maximum atomic E-state index is 12.7. The normalized spacial score (nSPS) is 18.2. The number of ether oxygens (including phenoxy) is 1. The van der Waals surface area contributed by atoms with E-state index in [-0.39, 0.29) is 11.9 Å². The number of likely N-dealkylation sites (tertiary alicyclic amines) is 1. The lowest BCUT2D eigenvalue weighted by Crippen LogP contribution is -2.50. The van der Waals surface area contributed by atoms with Crippen molar-refractivity contribution in [1.29, 1.82) is 0 Å². The maximum Gasteiger partial charge on any atom is 0.407 e. The van der Waals surface area contributed by atoms with Crippen LogP contribution in [0.3, 0.4) is 0 Å². The molecule has 2 amide bonds. The Morgan fingerprint density at radius 3 is 2.80 bits per heavy atom. The molecule has 2 N–H and O–H groups in total. The first-order valence-electron chi connectivity index (χ1n) is 8.55. The van der Waals surface area contributed by atoms with E-state index in [1.807, 2.05) is 45.0 Å². The van der Waals surface area contributed by atoms with Gasteiger partial charge in [-0.15, -0.1) is 0 Å². The van der Waals surface area contributed by atoms with Crippen LogP contribution in [-0.2, 0) is 4.74 Å². The average molecular weight is 344 g/mol. The first-order chi connectivity index (χ1) is 11.8. The predicted octanol–water partition coefficient (Wildman–Crippen LogP) is 2.69. The molecule has 2 aromatic rings. The molecule has 134 valence electrons. The number of aromatic nitrogens is 2. The number of benzene rings is 1. The number of fused-ring (bicyclic) bond motifs is 1. The zero-order chi connectivity index (χ0) is 18.0. The fraction of sp³-hybridized carbons (Fsp3) is 0.500. The molecule has 3 rings (SSSR count). The van der Waals surface area contributed by atoms with Gasteiger partial charge in [-0.1, -0.05) is 12.1 Å². The number of piperidine rings is 1. The number of hydrogen-bond acceptors (Lipinski definition) is 4. The molecule has 1 fully saturated rings. The smallest absolute Gasteiger partial charge is 0.407 e. The first-order valence-corrected chi connectivity index (χ1v) is 8.55. The molecule has 7 heteroatoms. The van der Waals surface area contributed by atoms with Crippen LogP contribution in [0.15, 0.2) is 24.3 Å². The number of amides is 2. The van der Waals surface area contributed by atoms with E-state index in [0.29, 0.717) is 18.9 Å². The van der Waals surface area contributed by atoms with Gasteiger partial charge in [-0.2, -0.15) is 0 Å². The highest BCUT2D eigenvalue weighted by Crippen LogP contribution is 2.16. The molecule has 2 heterocycles. The summed E-state index contributed by atoms with van der Waals surface area (Å²) < 4.78 is 5.29. The van der Waals surface area contributed by atoms with Crippen molar-refractivity contribution in [2.24, 2.45) is 0 Å². The van der Waals surface area contributed by atoms with Crippen LogP contribution < -0.4 is 5.32 Å². The van der Waals surface area contributed by atoms with Crippen molar-refractivity contribution in [3.8, 4) is 0 Å². The van der Waals surface area contributed by atoms with Gasteiger partial charge in [0.15, 0.2) is 5.82 Å². The lowest BCUT2D eigenvalue weighted by molar-refractivity contribution is 0.0450. The van der Waals surface area contributed by atoms with Crippen molar-refractivity contribution < 1.29 is 14.3 Å². The third-order valence-electron chi connectivity index (χ3n) is 4.02. The Morgan fingerprint density at radius 2 is 2.08 bits per heavy atom. The van der Waals surface area contributed by atoms with Gasteiger partial charge in [0.25, 0.3) is 5.91 Å². The highest BCUT2D eigenvalue weighted by molar-refractivity contribution is 5.94. The van der Waals surface area contributed by atoms with Gasteiger partial charge in [-0.25, -0.2) is 9.78 Å². The third kappa shape index (κ3) is 4.29. The van der Waals surface area contributed by atoms with Crippen LogP contribution in [0.1, 0.15) is 44.2 Å². The van der Waals surface area contributed by atoms with Gasteiger partial charge in [0.1, 0.15) is 5.60 Å². The Bertz CT molecular complexity index is 745. The van der Waals surface area contributed by atoms with E-state index < -0.39 is 11.7 Å². The van der Waals surface area contributed by atoms with Gasteiger partial charge in [0.2, 0.25) is 0 Å². The minimum absolute atomic E-state index is 0.114. The second-order valence-corrected chi connectivity index (χ2v) is 7.34. The minimum atomic E-state index is -0.539. The van der Waals surface area contributed by atoms with E-state index in [4.69, 9.17) is 4.74 Å². The van der Waals surface area contributed by atoms with E-state index in [1.54, 1.807) is 4.90 Å². The van der Waals surface area contributed by atoms with Crippen molar-refractivity contribution in [1.82, 2.24) is 20.2 Å². The molecule has 0 bridgehead atoms. The van der Waals surface area contributed by atoms with Crippen molar-refractivity contribution >= 4 is 23.0 Å². The summed E-state index contributed by atoms with van der Waals surface area (Å²) in [6.45, 7) is 6.58. The lowest BCUT2D eigenvalue weighted by atomic mass is 10.1. The van der Waals surface area contributed by atoms with Gasteiger partial charge < -0.3 is 19.9 Å². The van der Waals surface area contributed by atoms with Crippen molar-refractivity contribution in [2.45, 2.75) is 45.3 Å². The first kappa shape index (κ1) is 17.3. The zero-order valence-corrected chi connectivity index (χ0v) is 14.8. The molecule has 1 aliphatic rings. The number of para-hydroxylation sites is 2. The molecule has 1 atom stereocenters. The van der Waals surface area contributed by atoms with Gasteiger partial charge in [-0.3, -0.25) is 4.79 Å². The van der Waals surface area contributed by atoms with Crippen LogP contribution >= 0.6 is 0 Å². The van der Waals surface area contributed by atoms with Gasteiger partial charge in [-0.05, 0) is 45.7 Å². The van der Waals surface area contributed by atoms with Crippen molar-refractivity contribution in [3.05, 3.63) is 30.1 Å². The van der Waals surface area contributed by atoms with E-state index >= 15 is 0 Å².